The maximum atomic E-state index is 13.3. The highest BCUT2D eigenvalue weighted by atomic mass is 16.5. The molecule has 0 radical (unpaired) electrons. The van der Waals surface area contributed by atoms with Gasteiger partial charge in [0.05, 0.1) is 6.54 Å². The predicted molar refractivity (Wildman–Crippen MR) is 135 cm³/mol. The van der Waals surface area contributed by atoms with E-state index >= 15 is 0 Å². The Morgan fingerprint density at radius 1 is 0.889 bits per heavy atom. The third-order valence-electron chi connectivity index (χ3n) is 6.69. The molecule has 4 atom stereocenters. The molecule has 5 rings (SSSR count). The summed E-state index contributed by atoms with van der Waals surface area (Å²) >= 11 is 0. The molecule has 3 aromatic carbocycles. The molecule has 0 aromatic heterocycles. The van der Waals surface area contributed by atoms with E-state index in [0.29, 0.717) is 19.4 Å². The van der Waals surface area contributed by atoms with Gasteiger partial charge in [0.2, 0.25) is 11.8 Å². The molecule has 7 nitrogen and oxygen atoms in total. The number of amides is 3. The molecule has 184 valence electrons. The summed E-state index contributed by atoms with van der Waals surface area (Å²) in [4.78, 5) is 40.4. The average molecular weight is 484 g/mol. The van der Waals surface area contributed by atoms with Crippen LogP contribution in [0.1, 0.15) is 29.2 Å². The molecule has 0 spiro atoms. The molecule has 2 aliphatic rings. The SMILES string of the molecule is O=C(CCc1ccccc1)N[C@@H](Cc1ccccc1)C(=O)N[C@@H]1C(=O)N2CC(c3ccccc3)O[C@H]12. The molecular weight excluding hydrogens is 454 g/mol. The Labute approximate surface area is 210 Å². The highest BCUT2D eigenvalue weighted by Gasteiger charge is 2.55. The Hall–Kier alpha value is -3.97. The molecule has 0 saturated carbocycles. The topological polar surface area (TPSA) is 87.7 Å². The summed E-state index contributed by atoms with van der Waals surface area (Å²) in [6.07, 6.45) is 0.451. The Morgan fingerprint density at radius 2 is 1.50 bits per heavy atom. The number of fused-ring (bicyclic) bond motifs is 1. The molecule has 2 fully saturated rings. The maximum absolute atomic E-state index is 13.3. The number of nitrogens with zero attached hydrogens (tertiary/aromatic N) is 1. The average Bonchev–Trinajstić information content (AvgIpc) is 3.32. The van der Waals surface area contributed by atoms with Crippen molar-refractivity contribution < 1.29 is 19.1 Å². The molecule has 36 heavy (non-hydrogen) atoms. The molecule has 2 saturated heterocycles. The minimum Gasteiger partial charge on any atom is -0.346 e. The van der Waals surface area contributed by atoms with Crippen LogP contribution in [0, 0.1) is 0 Å². The van der Waals surface area contributed by atoms with Crippen LogP contribution in [0.4, 0.5) is 0 Å². The molecule has 3 amide bonds. The summed E-state index contributed by atoms with van der Waals surface area (Å²) in [6.45, 7) is 0.462. The largest absolute Gasteiger partial charge is 0.346 e. The van der Waals surface area contributed by atoms with Crippen molar-refractivity contribution in [3.63, 3.8) is 0 Å². The summed E-state index contributed by atoms with van der Waals surface area (Å²) in [5.41, 5.74) is 2.98. The van der Waals surface area contributed by atoms with Gasteiger partial charge in [-0.3, -0.25) is 14.4 Å². The second kappa shape index (κ2) is 10.7. The van der Waals surface area contributed by atoms with Crippen LogP contribution in [0.3, 0.4) is 0 Å². The fourth-order valence-electron chi connectivity index (χ4n) is 4.73. The van der Waals surface area contributed by atoms with Gasteiger partial charge in [0.1, 0.15) is 12.1 Å². The molecule has 3 aromatic rings. The highest BCUT2D eigenvalue weighted by molar-refractivity contribution is 5.96. The van der Waals surface area contributed by atoms with Crippen molar-refractivity contribution in [2.24, 2.45) is 0 Å². The van der Waals surface area contributed by atoms with Crippen molar-refractivity contribution in [1.29, 1.82) is 0 Å². The maximum Gasteiger partial charge on any atom is 0.252 e. The first kappa shape index (κ1) is 23.8. The smallest absolute Gasteiger partial charge is 0.252 e. The van der Waals surface area contributed by atoms with Gasteiger partial charge >= 0.3 is 0 Å². The van der Waals surface area contributed by atoms with Crippen LogP contribution in [-0.2, 0) is 32.0 Å². The van der Waals surface area contributed by atoms with Crippen molar-refractivity contribution in [2.75, 3.05) is 6.54 Å². The normalized spacial score (nSPS) is 21.3. The molecule has 2 aliphatic heterocycles. The van der Waals surface area contributed by atoms with Gasteiger partial charge < -0.3 is 20.3 Å². The number of ether oxygens (including phenoxy) is 1. The molecule has 7 heteroatoms. The standard InChI is InChI=1S/C29H29N3O4/c33-25(17-16-20-10-4-1-5-11-20)30-23(18-21-12-6-2-7-13-21)27(34)31-26-28(35)32-19-24(36-29(26)32)22-14-8-3-9-15-22/h1-15,23-24,26,29H,16-19H2,(H,30,33)(H,31,34)/t23-,24?,26+,29+/m0/s1. The first-order valence-electron chi connectivity index (χ1n) is 12.3. The van der Waals surface area contributed by atoms with Gasteiger partial charge in [0.25, 0.3) is 5.91 Å². The fourth-order valence-corrected chi connectivity index (χ4v) is 4.73. The zero-order valence-corrected chi connectivity index (χ0v) is 19.9. The number of aryl methyl sites for hydroxylation is 1. The number of carbonyl (C=O) groups excluding carboxylic acids is 3. The van der Waals surface area contributed by atoms with Crippen LogP contribution in [0.15, 0.2) is 91.0 Å². The molecule has 0 aliphatic carbocycles. The lowest BCUT2D eigenvalue weighted by molar-refractivity contribution is -0.167. The summed E-state index contributed by atoms with van der Waals surface area (Å²) in [7, 11) is 0. The molecule has 0 bridgehead atoms. The van der Waals surface area contributed by atoms with E-state index in [1.54, 1.807) is 4.90 Å². The van der Waals surface area contributed by atoms with Gasteiger partial charge in [0.15, 0.2) is 12.3 Å². The van der Waals surface area contributed by atoms with Crippen molar-refractivity contribution in [1.82, 2.24) is 15.5 Å². The number of rotatable bonds is 9. The van der Waals surface area contributed by atoms with E-state index in [1.165, 1.54) is 0 Å². The van der Waals surface area contributed by atoms with E-state index in [4.69, 9.17) is 4.74 Å². The number of β-lactam (4-membered cyclic amide) rings is 1. The van der Waals surface area contributed by atoms with Gasteiger partial charge in [-0.2, -0.15) is 0 Å². The van der Waals surface area contributed by atoms with Gasteiger partial charge in [-0.1, -0.05) is 91.0 Å². The summed E-state index contributed by atoms with van der Waals surface area (Å²) in [5.74, 6) is -0.768. The number of hydrogen-bond acceptors (Lipinski definition) is 4. The van der Waals surface area contributed by atoms with Gasteiger partial charge in [-0.25, -0.2) is 0 Å². The molecule has 2 heterocycles. The zero-order chi connectivity index (χ0) is 24.9. The number of hydrogen-bond donors (Lipinski definition) is 2. The van der Waals surface area contributed by atoms with Gasteiger partial charge in [-0.05, 0) is 23.1 Å². The lowest BCUT2D eigenvalue weighted by atomic mass is 10.0. The number of carbonyl (C=O) groups is 3. The van der Waals surface area contributed by atoms with E-state index in [9.17, 15) is 14.4 Å². The summed E-state index contributed by atoms with van der Waals surface area (Å²) in [6, 6.07) is 27.4. The van der Waals surface area contributed by atoms with Gasteiger partial charge in [0, 0.05) is 12.8 Å². The minimum atomic E-state index is -0.802. The van der Waals surface area contributed by atoms with Crippen molar-refractivity contribution >= 4 is 17.7 Å². The van der Waals surface area contributed by atoms with Crippen LogP contribution >= 0.6 is 0 Å². The van der Waals surface area contributed by atoms with Crippen LogP contribution in [-0.4, -0.2) is 47.5 Å². The fraction of sp³-hybridized carbons (Fsp3) is 0.276. The zero-order valence-electron chi connectivity index (χ0n) is 19.9. The van der Waals surface area contributed by atoms with E-state index in [2.05, 4.69) is 10.6 Å². The molecule has 2 N–H and O–H groups in total. The Balaban J connectivity index is 1.23. The number of nitrogens with one attached hydrogen (secondary N) is 2. The second-order valence-corrected chi connectivity index (χ2v) is 9.20. The number of benzene rings is 3. The van der Waals surface area contributed by atoms with E-state index < -0.39 is 24.2 Å². The van der Waals surface area contributed by atoms with Crippen LogP contribution in [0.2, 0.25) is 0 Å². The van der Waals surface area contributed by atoms with Crippen LogP contribution in [0.25, 0.3) is 0 Å². The first-order valence-corrected chi connectivity index (χ1v) is 12.3. The van der Waals surface area contributed by atoms with Crippen molar-refractivity contribution in [3.8, 4) is 0 Å². The third-order valence-corrected chi connectivity index (χ3v) is 6.69. The predicted octanol–water partition coefficient (Wildman–Crippen LogP) is 2.77. The van der Waals surface area contributed by atoms with Gasteiger partial charge in [-0.15, -0.1) is 0 Å². The quantitative estimate of drug-likeness (QED) is 0.458. The van der Waals surface area contributed by atoms with E-state index in [-0.39, 0.29) is 24.3 Å². The minimum absolute atomic E-state index is 0.166. The summed E-state index contributed by atoms with van der Waals surface area (Å²) in [5, 5.41) is 5.72. The van der Waals surface area contributed by atoms with Crippen molar-refractivity contribution in [2.45, 2.75) is 43.7 Å². The Bertz CT molecular complexity index is 1200. The first-order chi connectivity index (χ1) is 17.6. The molecular formula is C29H29N3O4. The van der Waals surface area contributed by atoms with E-state index in [0.717, 1.165) is 16.7 Å². The lowest BCUT2D eigenvalue weighted by Crippen LogP contribution is -2.70. The third kappa shape index (κ3) is 5.31. The summed E-state index contributed by atoms with van der Waals surface area (Å²) < 4.78 is 6.10. The molecule has 1 unspecified atom stereocenters. The Morgan fingerprint density at radius 3 is 2.17 bits per heavy atom. The van der Waals surface area contributed by atoms with Crippen LogP contribution < -0.4 is 10.6 Å². The monoisotopic (exact) mass is 483 g/mol. The van der Waals surface area contributed by atoms with Crippen molar-refractivity contribution in [3.05, 3.63) is 108 Å². The lowest BCUT2D eigenvalue weighted by Gasteiger charge is -2.41. The Kier molecular flexibility index (Phi) is 7.09. The van der Waals surface area contributed by atoms with Crippen LogP contribution in [0.5, 0.6) is 0 Å². The van der Waals surface area contributed by atoms with E-state index in [1.807, 2.05) is 91.0 Å². The second-order valence-electron chi connectivity index (χ2n) is 9.20. The highest BCUT2D eigenvalue weighted by Crippen LogP contribution is 2.36.